The molecule has 1 amide bonds. The van der Waals surface area contributed by atoms with Crippen LogP contribution in [-0.4, -0.2) is 50.5 Å². The summed E-state index contributed by atoms with van der Waals surface area (Å²) in [6.07, 6.45) is 3.23. The number of nitrogens with one attached hydrogen (secondary N) is 1. The standard InChI is InChI=1S/C15H20N2O3/c18-10-7-16-15(19)6-3-13-1-4-14(5-2-13)17-8-11-20-12-9-17/h1-6,18H,7-12H2,(H,16,19)/b6-3+. The predicted molar refractivity (Wildman–Crippen MR) is 78.6 cm³/mol. The Kier molecular flexibility index (Phi) is 5.58. The molecular weight excluding hydrogens is 256 g/mol. The third-order valence-corrected chi connectivity index (χ3v) is 3.11. The Morgan fingerprint density at radius 1 is 1.30 bits per heavy atom. The summed E-state index contributed by atoms with van der Waals surface area (Å²) in [5.74, 6) is -0.198. The van der Waals surface area contributed by atoms with E-state index < -0.39 is 0 Å². The molecule has 20 heavy (non-hydrogen) atoms. The van der Waals surface area contributed by atoms with Crippen LogP contribution in [0.3, 0.4) is 0 Å². The molecule has 0 saturated carbocycles. The van der Waals surface area contributed by atoms with E-state index in [-0.39, 0.29) is 19.1 Å². The molecule has 2 N–H and O–H groups in total. The third kappa shape index (κ3) is 4.36. The van der Waals surface area contributed by atoms with E-state index in [0.717, 1.165) is 31.9 Å². The van der Waals surface area contributed by atoms with Crippen molar-refractivity contribution in [3.8, 4) is 0 Å². The second-order valence-electron chi connectivity index (χ2n) is 4.54. The number of amides is 1. The zero-order valence-corrected chi connectivity index (χ0v) is 11.4. The van der Waals surface area contributed by atoms with Crippen LogP contribution in [0, 0.1) is 0 Å². The van der Waals surface area contributed by atoms with Crippen LogP contribution in [-0.2, 0) is 9.53 Å². The number of benzene rings is 1. The van der Waals surface area contributed by atoms with Crippen molar-refractivity contribution in [1.82, 2.24) is 5.32 Å². The smallest absolute Gasteiger partial charge is 0.244 e. The zero-order valence-electron chi connectivity index (χ0n) is 11.4. The first-order chi connectivity index (χ1) is 9.79. The Morgan fingerprint density at radius 2 is 2.00 bits per heavy atom. The van der Waals surface area contributed by atoms with Crippen LogP contribution in [0.2, 0.25) is 0 Å². The quantitative estimate of drug-likeness (QED) is 0.775. The van der Waals surface area contributed by atoms with Gasteiger partial charge in [-0.05, 0) is 23.8 Å². The number of aliphatic hydroxyl groups excluding tert-OH is 1. The number of morpholine rings is 1. The summed E-state index contributed by atoms with van der Waals surface area (Å²) in [6, 6.07) is 8.08. The maximum absolute atomic E-state index is 11.4. The minimum atomic E-state index is -0.198. The highest BCUT2D eigenvalue weighted by molar-refractivity contribution is 5.91. The van der Waals surface area contributed by atoms with E-state index in [0.29, 0.717) is 0 Å². The number of nitrogens with zero attached hydrogens (tertiary/aromatic N) is 1. The van der Waals surface area contributed by atoms with Crippen molar-refractivity contribution in [2.45, 2.75) is 0 Å². The van der Waals surface area contributed by atoms with Crippen LogP contribution in [0.5, 0.6) is 0 Å². The summed E-state index contributed by atoms with van der Waals surface area (Å²) in [5.41, 5.74) is 2.15. The number of carbonyl (C=O) groups is 1. The first kappa shape index (κ1) is 14.6. The second-order valence-corrected chi connectivity index (χ2v) is 4.54. The summed E-state index contributed by atoms with van der Waals surface area (Å²) in [5, 5.41) is 11.2. The van der Waals surface area contributed by atoms with Crippen LogP contribution in [0.15, 0.2) is 30.3 Å². The number of ether oxygens (including phenoxy) is 1. The van der Waals surface area contributed by atoms with Crippen molar-refractivity contribution in [1.29, 1.82) is 0 Å². The van der Waals surface area contributed by atoms with Gasteiger partial charge >= 0.3 is 0 Å². The minimum Gasteiger partial charge on any atom is -0.395 e. The van der Waals surface area contributed by atoms with Crippen molar-refractivity contribution in [2.75, 3.05) is 44.4 Å². The summed E-state index contributed by atoms with van der Waals surface area (Å²) in [4.78, 5) is 13.6. The van der Waals surface area contributed by atoms with E-state index in [4.69, 9.17) is 9.84 Å². The number of anilines is 1. The lowest BCUT2D eigenvalue weighted by molar-refractivity contribution is -0.116. The molecule has 1 aromatic carbocycles. The van der Waals surface area contributed by atoms with Crippen molar-refractivity contribution in [3.05, 3.63) is 35.9 Å². The molecular formula is C15H20N2O3. The van der Waals surface area contributed by atoms with E-state index in [1.54, 1.807) is 6.08 Å². The maximum atomic E-state index is 11.4. The van der Waals surface area contributed by atoms with Crippen molar-refractivity contribution < 1.29 is 14.6 Å². The van der Waals surface area contributed by atoms with Crippen molar-refractivity contribution >= 4 is 17.7 Å². The Labute approximate surface area is 118 Å². The molecule has 0 radical (unpaired) electrons. The molecule has 0 spiro atoms. The normalized spacial score (nSPS) is 15.6. The van der Waals surface area contributed by atoms with Crippen LogP contribution >= 0.6 is 0 Å². The lowest BCUT2D eigenvalue weighted by atomic mass is 10.1. The van der Waals surface area contributed by atoms with Crippen molar-refractivity contribution in [3.63, 3.8) is 0 Å². The minimum absolute atomic E-state index is 0.0478. The summed E-state index contributed by atoms with van der Waals surface area (Å²) < 4.78 is 5.33. The van der Waals surface area contributed by atoms with Gasteiger partial charge in [-0.1, -0.05) is 12.1 Å². The molecule has 2 rings (SSSR count). The van der Waals surface area contributed by atoms with E-state index in [2.05, 4.69) is 22.3 Å². The number of carbonyl (C=O) groups excluding carboxylic acids is 1. The van der Waals surface area contributed by atoms with Gasteiger partial charge in [-0.25, -0.2) is 0 Å². The number of hydrogen-bond donors (Lipinski definition) is 2. The van der Waals surface area contributed by atoms with Gasteiger partial charge in [-0.2, -0.15) is 0 Å². The van der Waals surface area contributed by atoms with Gasteiger partial charge in [0.1, 0.15) is 0 Å². The Hall–Kier alpha value is -1.85. The van der Waals surface area contributed by atoms with Gasteiger partial charge < -0.3 is 20.1 Å². The number of rotatable bonds is 5. The average Bonchev–Trinajstić information content (AvgIpc) is 2.52. The van der Waals surface area contributed by atoms with E-state index in [1.807, 2.05) is 12.1 Å². The molecule has 0 aromatic heterocycles. The van der Waals surface area contributed by atoms with Crippen LogP contribution < -0.4 is 10.2 Å². The number of hydrogen-bond acceptors (Lipinski definition) is 4. The van der Waals surface area contributed by atoms with Gasteiger partial charge in [-0.3, -0.25) is 4.79 Å². The van der Waals surface area contributed by atoms with Gasteiger partial charge in [0.25, 0.3) is 0 Å². The highest BCUT2D eigenvalue weighted by atomic mass is 16.5. The van der Waals surface area contributed by atoms with E-state index in [1.165, 1.54) is 11.8 Å². The lowest BCUT2D eigenvalue weighted by Crippen LogP contribution is -2.36. The average molecular weight is 276 g/mol. The molecule has 0 unspecified atom stereocenters. The largest absolute Gasteiger partial charge is 0.395 e. The Balaban J connectivity index is 1.90. The summed E-state index contributed by atoms with van der Waals surface area (Å²) in [7, 11) is 0. The van der Waals surface area contributed by atoms with Gasteiger partial charge in [-0.15, -0.1) is 0 Å². The van der Waals surface area contributed by atoms with Gasteiger partial charge in [0, 0.05) is 31.4 Å². The molecule has 0 atom stereocenters. The molecule has 1 aliphatic heterocycles. The fourth-order valence-corrected chi connectivity index (χ4v) is 2.03. The molecule has 1 saturated heterocycles. The van der Waals surface area contributed by atoms with Crippen LogP contribution in [0.1, 0.15) is 5.56 Å². The highest BCUT2D eigenvalue weighted by Crippen LogP contribution is 2.17. The molecule has 0 aliphatic carbocycles. The molecule has 1 fully saturated rings. The molecule has 108 valence electrons. The second kappa shape index (κ2) is 7.67. The molecule has 5 heteroatoms. The first-order valence-electron chi connectivity index (χ1n) is 6.79. The van der Waals surface area contributed by atoms with E-state index >= 15 is 0 Å². The van der Waals surface area contributed by atoms with Crippen LogP contribution in [0.4, 0.5) is 5.69 Å². The molecule has 5 nitrogen and oxygen atoms in total. The molecule has 1 heterocycles. The maximum Gasteiger partial charge on any atom is 0.244 e. The highest BCUT2D eigenvalue weighted by Gasteiger charge is 2.10. The number of aliphatic hydroxyl groups is 1. The molecule has 0 bridgehead atoms. The fourth-order valence-electron chi connectivity index (χ4n) is 2.03. The first-order valence-corrected chi connectivity index (χ1v) is 6.79. The SMILES string of the molecule is O=C(/C=C/c1ccc(N2CCOCC2)cc1)NCCO. The van der Waals surface area contributed by atoms with Gasteiger partial charge in [0.05, 0.1) is 19.8 Å². The molecule has 1 aromatic rings. The van der Waals surface area contributed by atoms with Gasteiger partial charge in [0.15, 0.2) is 0 Å². The summed E-state index contributed by atoms with van der Waals surface area (Å²) >= 11 is 0. The summed E-state index contributed by atoms with van der Waals surface area (Å²) in [6.45, 7) is 3.60. The Bertz CT molecular complexity index is 451. The van der Waals surface area contributed by atoms with Gasteiger partial charge in [0.2, 0.25) is 5.91 Å². The fraction of sp³-hybridized carbons (Fsp3) is 0.400. The Morgan fingerprint density at radius 3 is 2.65 bits per heavy atom. The van der Waals surface area contributed by atoms with Crippen molar-refractivity contribution in [2.24, 2.45) is 0 Å². The topological polar surface area (TPSA) is 61.8 Å². The monoisotopic (exact) mass is 276 g/mol. The van der Waals surface area contributed by atoms with Crippen LogP contribution in [0.25, 0.3) is 6.08 Å². The molecule has 1 aliphatic rings. The lowest BCUT2D eigenvalue weighted by Gasteiger charge is -2.28. The zero-order chi connectivity index (χ0) is 14.2. The van der Waals surface area contributed by atoms with E-state index in [9.17, 15) is 4.79 Å². The third-order valence-electron chi connectivity index (χ3n) is 3.11. The predicted octanol–water partition coefficient (Wildman–Crippen LogP) is 0.645.